The van der Waals surface area contributed by atoms with E-state index in [2.05, 4.69) is 5.10 Å². The number of sulfonamides is 1. The summed E-state index contributed by atoms with van der Waals surface area (Å²) in [5.41, 5.74) is 3.27. The molecule has 7 heteroatoms. The van der Waals surface area contributed by atoms with Crippen LogP contribution in [0.2, 0.25) is 5.02 Å². The minimum absolute atomic E-state index is 0.204. The molecule has 0 saturated carbocycles. The number of hydrogen-bond donors (Lipinski definition) is 0. The maximum atomic E-state index is 12.7. The van der Waals surface area contributed by atoms with Crippen molar-refractivity contribution in [3.63, 3.8) is 0 Å². The van der Waals surface area contributed by atoms with E-state index in [9.17, 15) is 8.42 Å². The molecule has 0 atom stereocenters. The van der Waals surface area contributed by atoms with Gasteiger partial charge in [0.05, 0.1) is 10.6 Å². The minimum atomic E-state index is -3.70. The summed E-state index contributed by atoms with van der Waals surface area (Å²) in [6, 6.07) is 21.5. The molecule has 0 aromatic heterocycles. The average Bonchev–Trinajstić information content (AvgIpc) is 2.73. The van der Waals surface area contributed by atoms with Crippen LogP contribution in [0.15, 0.2) is 82.8 Å². The smallest absolute Gasteiger partial charge is 0.278 e. The van der Waals surface area contributed by atoms with Gasteiger partial charge >= 0.3 is 0 Å². The Morgan fingerprint density at radius 3 is 2.27 bits per heavy atom. The van der Waals surface area contributed by atoms with E-state index < -0.39 is 10.0 Å². The summed E-state index contributed by atoms with van der Waals surface area (Å²) in [6.45, 7) is 4.04. The van der Waals surface area contributed by atoms with Crippen molar-refractivity contribution in [3.8, 4) is 5.75 Å². The lowest BCUT2D eigenvalue weighted by Crippen LogP contribution is -2.23. The lowest BCUT2D eigenvalue weighted by molar-refractivity contribution is 0.306. The molecule has 156 valence electrons. The van der Waals surface area contributed by atoms with Crippen molar-refractivity contribution in [3.05, 3.63) is 94.5 Å². The second-order valence-electron chi connectivity index (χ2n) is 6.84. The van der Waals surface area contributed by atoms with Crippen LogP contribution in [0.4, 0.5) is 0 Å². The molecule has 0 spiro atoms. The molecule has 0 amide bonds. The summed E-state index contributed by atoms with van der Waals surface area (Å²) in [6.07, 6.45) is 0. The van der Waals surface area contributed by atoms with Gasteiger partial charge in [-0.15, -0.1) is 0 Å². The summed E-state index contributed by atoms with van der Waals surface area (Å²) >= 11 is 6.14. The van der Waals surface area contributed by atoms with Crippen LogP contribution in [-0.2, 0) is 16.6 Å². The van der Waals surface area contributed by atoms with E-state index in [1.54, 1.807) is 31.2 Å². The molecule has 0 bridgehead atoms. The first-order chi connectivity index (χ1) is 14.3. The SMILES string of the molecule is CC(=NN(C)S(=O)(=O)c1ccc(C)cc1)c1ccc(OCc2ccccc2Cl)cc1. The summed E-state index contributed by atoms with van der Waals surface area (Å²) in [5.74, 6) is 0.687. The van der Waals surface area contributed by atoms with E-state index in [4.69, 9.17) is 16.3 Å². The number of aryl methyl sites for hydroxylation is 1. The first kappa shape index (κ1) is 21.9. The maximum absolute atomic E-state index is 12.7. The Morgan fingerprint density at radius 1 is 1.00 bits per heavy atom. The van der Waals surface area contributed by atoms with Crippen molar-refractivity contribution in [2.45, 2.75) is 25.3 Å². The molecular weight excluding hydrogens is 420 g/mol. The molecule has 5 nitrogen and oxygen atoms in total. The monoisotopic (exact) mass is 442 g/mol. The van der Waals surface area contributed by atoms with Gasteiger partial charge in [-0.25, -0.2) is 0 Å². The second kappa shape index (κ2) is 9.32. The molecule has 0 saturated heterocycles. The predicted octanol–water partition coefficient (Wildman–Crippen LogP) is 5.27. The van der Waals surface area contributed by atoms with Crippen LogP contribution in [0.5, 0.6) is 5.75 Å². The van der Waals surface area contributed by atoms with Crippen LogP contribution in [0.3, 0.4) is 0 Å². The zero-order chi connectivity index (χ0) is 21.7. The molecule has 0 heterocycles. The first-order valence-corrected chi connectivity index (χ1v) is 11.2. The van der Waals surface area contributed by atoms with Gasteiger partial charge < -0.3 is 4.74 Å². The quantitative estimate of drug-likeness (QED) is 0.370. The van der Waals surface area contributed by atoms with Crippen LogP contribution in [-0.4, -0.2) is 25.6 Å². The van der Waals surface area contributed by atoms with Gasteiger partial charge in [0.2, 0.25) is 0 Å². The molecule has 0 unspecified atom stereocenters. The fourth-order valence-corrected chi connectivity index (χ4v) is 3.96. The van der Waals surface area contributed by atoms with Crippen LogP contribution < -0.4 is 4.74 Å². The van der Waals surface area contributed by atoms with Gasteiger partial charge in [0.1, 0.15) is 12.4 Å². The van der Waals surface area contributed by atoms with E-state index >= 15 is 0 Å². The third-order valence-corrected chi connectivity index (χ3v) is 6.60. The van der Waals surface area contributed by atoms with Gasteiger partial charge in [-0.2, -0.15) is 17.9 Å². The highest BCUT2D eigenvalue weighted by Gasteiger charge is 2.19. The Morgan fingerprint density at radius 2 is 1.63 bits per heavy atom. The van der Waals surface area contributed by atoms with Crippen molar-refractivity contribution in [1.29, 1.82) is 0 Å². The third kappa shape index (κ3) is 5.20. The lowest BCUT2D eigenvalue weighted by Gasteiger charge is -2.15. The molecule has 3 aromatic carbocycles. The van der Waals surface area contributed by atoms with Crippen molar-refractivity contribution in [2.75, 3.05) is 7.05 Å². The summed E-state index contributed by atoms with van der Waals surface area (Å²) in [4.78, 5) is 0.204. The van der Waals surface area contributed by atoms with E-state index in [0.29, 0.717) is 23.1 Å². The van der Waals surface area contributed by atoms with Gasteiger partial charge in [-0.05, 0) is 61.9 Å². The number of hydrogen-bond acceptors (Lipinski definition) is 4. The molecule has 0 aliphatic heterocycles. The second-order valence-corrected chi connectivity index (χ2v) is 9.20. The van der Waals surface area contributed by atoms with E-state index in [1.165, 1.54) is 7.05 Å². The molecule has 0 aliphatic carbocycles. The summed E-state index contributed by atoms with van der Waals surface area (Å²) < 4.78 is 32.2. The van der Waals surface area contributed by atoms with Crippen molar-refractivity contribution in [2.24, 2.45) is 5.10 Å². The first-order valence-electron chi connectivity index (χ1n) is 9.35. The molecule has 0 aliphatic rings. The van der Waals surface area contributed by atoms with E-state index in [-0.39, 0.29) is 4.90 Å². The predicted molar refractivity (Wildman–Crippen MR) is 121 cm³/mol. The van der Waals surface area contributed by atoms with Gasteiger partial charge in [0.15, 0.2) is 0 Å². The molecule has 0 radical (unpaired) electrons. The standard InChI is InChI=1S/C23H23ClN2O3S/c1-17-8-14-22(15-9-17)30(27,28)26(3)25-18(2)19-10-12-21(13-11-19)29-16-20-6-4-5-7-23(20)24/h4-15H,16H2,1-3H3. The number of ether oxygens (including phenoxy) is 1. The highest BCUT2D eigenvalue weighted by atomic mass is 35.5. The largest absolute Gasteiger partial charge is 0.489 e. The van der Waals surface area contributed by atoms with Crippen LogP contribution in [0, 0.1) is 6.92 Å². The molecule has 3 aromatic rings. The molecule has 30 heavy (non-hydrogen) atoms. The number of nitrogens with zero attached hydrogens (tertiary/aromatic N) is 2. The van der Waals surface area contributed by atoms with E-state index in [0.717, 1.165) is 21.1 Å². The fraction of sp³-hybridized carbons (Fsp3) is 0.174. The molecule has 0 fully saturated rings. The Hall–Kier alpha value is -2.83. The lowest BCUT2D eigenvalue weighted by atomic mass is 10.1. The van der Waals surface area contributed by atoms with Crippen molar-refractivity contribution < 1.29 is 13.2 Å². The van der Waals surface area contributed by atoms with Gasteiger partial charge in [-0.1, -0.05) is 47.5 Å². The normalized spacial score (nSPS) is 11.9. The van der Waals surface area contributed by atoms with Crippen molar-refractivity contribution in [1.82, 2.24) is 4.41 Å². The highest BCUT2D eigenvalue weighted by molar-refractivity contribution is 7.89. The molecule has 0 N–H and O–H groups in total. The molecular formula is C23H23ClN2O3S. The number of rotatable bonds is 7. The third-order valence-electron chi connectivity index (χ3n) is 4.58. The minimum Gasteiger partial charge on any atom is -0.489 e. The van der Waals surface area contributed by atoms with Crippen molar-refractivity contribution >= 4 is 27.3 Å². The topological polar surface area (TPSA) is 59.0 Å². The zero-order valence-corrected chi connectivity index (χ0v) is 18.6. The Balaban J connectivity index is 1.70. The molecule has 3 rings (SSSR count). The zero-order valence-electron chi connectivity index (χ0n) is 17.0. The maximum Gasteiger partial charge on any atom is 0.278 e. The Bertz CT molecular complexity index is 1140. The Kier molecular flexibility index (Phi) is 6.80. The average molecular weight is 443 g/mol. The summed E-state index contributed by atoms with van der Waals surface area (Å²) in [5, 5.41) is 4.92. The summed E-state index contributed by atoms with van der Waals surface area (Å²) in [7, 11) is -2.27. The highest BCUT2D eigenvalue weighted by Crippen LogP contribution is 2.20. The van der Waals surface area contributed by atoms with Crippen LogP contribution >= 0.6 is 11.6 Å². The van der Waals surface area contributed by atoms with Crippen LogP contribution in [0.1, 0.15) is 23.6 Å². The Labute approximate surface area is 182 Å². The van der Waals surface area contributed by atoms with Crippen LogP contribution in [0.25, 0.3) is 0 Å². The fourth-order valence-electron chi connectivity index (χ4n) is 2.75. The van der Waals surface area contributed by atoms with Gasteiger partial charge in [-0.3, -0.25) is 0 Å². The van der Waals surface area contributed by atoms with Gasteiger partial charge in [0, 0.05) is 17.6 Å². The number of benzene rings is 3. The number of halogens is 1. The number of hydrazone groups is 1. The van der Waals surface area contributed by atoms with E-state index in [1.807, 2.05) is 55.5 Å². The van der Waals surface area contributed by atoms with Gasteiger partial charge in [0.25, 0.3) is 10.0 Å².